The summed E-state index contributed by atoms with van der Waals surface area (Å²) in [6.07, 6.45) is 5.02. The van der Waals surface area contributed by atoms with Gasteiger partial charge in [-0.3, -0.25) is 4.98 Å². The molecular formula is C13H13N3O2. The van der Waals surface area contributed by atoms with Crippen molar-refractivity contribution in [1.82, 2.24) is 9.97 Å². The number of carboxylic acid groups (broad SMARTS) is 1. The van der Waals surface area contributed by atoms with E-state index in [1.165, 1.54) is 12.3 Å². The van der Waals surface area contributed by atoms with Crippen molar-refractivity contribution in [2.45, 2.75) is 13.0 Å². The van der Waals surface area contributed by atoms with Crippen LogP contribution in [0.1, 0.15) is 29.0 Å². The summed E-state index contributed by atoms with van der Waals surface area (Å²) in [4.78, 5) is 18.6. The lowest BCUT2D eigenvalue weighted by atomic mass is 10.1. The van der Waals surface area contributed by atoms with E-state index in [1.807, 2.05) is 19.1 Å². The molecule has 92 valence electrons. The predicted octanol–water partition coefficient (Wildman–Crippen LogP) is 2.35. The number of hydrogen-bond donors (Lipinski definition) is 2. The number of aromatic carboxylic acids is 1. The van der Waals surface area contributed by atoms with Crippen LogP contribution in [-0.4, -0.2) is 21.0 Å². The molecule has 2 heterocycles. The first kappa shape index (κ1) is 12.0. The minimum Gasteiger partial charge on any atom is -0.477 e. The molecule has 0 saturated heterocycles. The maximum Gasteiger partial charge on any atom is 0.354 e. The molecule has 2 aromatic heterocycles. The fourth-order valence-electron chi connectivity index (χ4n) is 1.57. The topological polar surface area (TPSA) is 75.1 Å². The van der Waals surface area contributed by atoms with Crippen LogP contribution in [0.15, 0.2) is 42.9 Å². The van der Waals surface area contributed by atoms with Crippen molar-refractivity contribution in [2.75, 3.05) is 5.32 Å². The summed E-state index contributed by atoms with van der Waals surface area (Å²) in [5, 5.41) is 12.0. The molecule has 0 aliphatic rings. The lowest BCUT2D eigenvalue weighted by Crippen LogP contribution is -2.08. The molecule has 0 aliphatic heterocycles. The average molecular weight is 243 g/mol. The van der Waals surface area contributed by atoms with Crippen LogP contribution in [0.2, 0.25) is 0 Å². The smallest absolute Gasteiger partial charge is 0.354 e. The fraction of sp³-hybridized carbons (Fsp3) is 0.154. The quantitative estimate of drug-likeness (QED) is 0.862. The zero-order chi connectivity index (χ0) is 13.0. The Morgan fingerprint density at radius 3 is 2.72 bits per heavy atom. The number of nitrogens with one attached hydrogen (secondary N) is 1. The first-order valence-electron chi connectivity index (χ1n) is 5.52. The molecule has 1 atom stereocenters. The van der Waals surface area contributed by atoms with Crippen molar-refractivity contribution in [3.8, 4) is 0 Å². The maximum absolute atomic E-state index is 10.7. The fourth-order valence-corrected chi connectivity index (χ4v) is 1.57. The van der Waals surface area contributed by atoms with Gasteiger partial charge in [-0.05, 0) is 30.7 Å². The maximum atomic E-state index is 10.7. The van der Waals surface area contributed by atoms with Crippen LogP contribution in [-0.2, 0) is 0 Å². The van der Waals surface area contributed by atoms with Gasteiger partial charge in [-0.1, -0.05) is 6.07 Å². The van der Waals surface area contributed by atoms with Gasteiger partial charge >= 0.3 is 5.97 Å². The summed E-state index contributed by atoms with van der Waals surface area (Å²) in [6.45, 7) is 2.00. The molecule has 0 amide bonds. The lowest BCUT2D eigenvalue weighted by Gasteiger charge is -2.14. The summed E-state index contributed by atoms with van der Waals surface area (Å²) in [7, 11) is 0. The Labute approximate surface area is 105 Å². The van der Waals surface area contributed by atoms with E-state index < -0.39 is 5.97 Å². The highest BCUT2D eigenvalue weighted by atomic mass is 16.4. The molecule has 1 unspecified atom stereocenters. The number of carbonyl (C=O) groups is 1. The number of nitrogens with zero attached hydrogens (tertiary/aromatic N) is 2. The van der Waals surface area contributed by atoms with Crippen molar-refractivity contribution in [3.05, 3.63) is 54.1 Å². The van der Waals surface area contributed by atoms with Gasteiger partial charge in [0.05, 0.1) is 17.9 Å². The molecule has 5 nitrogen and oxygen atoms in total. The number of aromatic nitrogens is 2. The van der Waals surface area contributed by atoms with Crippen molar-refractivity contribution in [2.24, 2.45) is 0 Å². The Morgan fingerprint density at radius 2 is 2.17 bits per heavy atom. The summed E-state index contributed by atoms with van der Waals surface area (Å²) in [5.41, 5.74) is 1.87. The molecule has 2 N–H and O–H groups in total. The van der Waals surface area contributed by atoms with Crippen molar-refractivity contribution in [1.29, 1.82) is 0 Å². The second kappa shape index (κ2) is 5.27. The van der Waals surface area contributed by atoms with Crippen LogP contribution in [0.3, 0.4) is 0 Å². The van der Waals surface area contributed by atoms with Gasteiger partial charge in [0, 0.05) is 12.4 Å². The SMILES string of the molecule is CC(Nc1ccc(C(=O)O)nc1)c1cccnc1. The Bertz CT molecular complexity index is 526. The Morgan fingerprint density at radius 1 is 1.33 bits per heavy atom. The molecule has 0 fully saturated rings. The number of hydrogen-bond acceptors (Lipinski definition) is 4. The zero-order valence-electron chi connectivity index (χ0n) is 9.87. The third-order valence-corrected chi connectivity index (χ3v) is 2.55. The molecular weight excluding hydrogens is 230 g/mol. The van der Waals surface area contributed by atoms with Crippen molar-refractivity contribution in [3.63, 3.8) is 0 Å². The molecule has 0 bridgehead atoms. The normalized spacial score (nSPS) is 11.8. The lowest BCUT2D eigenvalue weighted by molar-refractivity contribution is 0.0690. The molecule has 0 spiro atoms. The number of carboxylic acids is 1. The number of rotatable bonds is 4. The highest BCUT2D eigenvalue weighted by Gasteiger charge is 2.07. The highest BCUT2D eigenvalue weighted by Crippen LogP contribution is 2.17. The van der Waals surface area contributed by atoms with Crippen LogP contribution in [0, 0.1) is 0 Å². The molecule has 5 heteroatoms. The molecule has 2 aromatic rings. The van der Waals surface area contributed by atoms with Gasteiger partial charge in [0.2, 0.25) is 0 Å². The van der Waals surface area contributed by atoms with Crippen LogP contribution >= 0.6 is 0 Å². The van der Waals surface area contributed by atoms with E-state index in [0.29, 0.717) is 0 Å². The van der Waals surface area contributed by atoms with Crippen LogP contribution in [0.25, 0.3) is 0 Å². The third-order valence-electron chi connectivity index (χ3n) is 2.55. The average Bonchev–Trinajstić information content (AvgIpc) is 2.40. The molecule has 0 saturated carbocycles. The standard InChI is InChI=1S/C13H13N3O2/c1-9(10-3-2-6-14-7-10)16-11-4-5-12(13(17)18)15-8-11/h2-9,16H,1H3,(H,17,18). The first-order valence-corrected chi connectivity index (χ1v) is 5.52. The van der Waals surface area contributed by atoms with Crippen LogP contribution < -0.4 is 5.32 Å². The molecule has 18 heavy (non-hydrogen) atoms. The van der Waals surface area contributed by atoms with E-state index in [1.54, 1.807) is 18.5 Å². The summed E-state index contributed by atoms with van der Waals surface area (Å²) >= 11 is 0. The molecule has 0 aromatic carbocycles. The second-order valence-electron chi connectivity index (χ2n) is 3.89. The number of pyridine rings is 2. The molecule has 0 radical (unpaired) electrons. The van der Waals surface area contributed by atoms with Gasteiger partial charge in [0.25, 0.3) is 0 Å². The van der Waals surface area contributed by atoms with Gasteiger partial charge < -0.3 is 10.4 Å². The third kappa shape index (κ3) is 2.82. The van der Waals surface area contributed by atoms with Gasteiger partial charge in [-0.25, -0.2) is 9.78 Å². The Hall–Kier alpha value is -2.43. The van der Waals surface area contributed by atoms with E-state index in [2.05, 4.69) is 15.3 Å². The van der Waals surface area contributed by atoms with Crippen molar-refractivity contribution >= 4 is 11.7 Å². The van der Waals surface area contributed by atoms with Crippen LogP contribution in [0.4, 0.5) is 5.69 Å². The van der Waals surface area contributed by atoms with Gasteiger partial charge in [-0.15, -0.1) is 0 Å². The predicted molar refractivity (Wildman–Crippen MR) is 67.5 cm³/mol. The Kier molecular flexibility index (Phi) is 3.52. The highest BCUT2D eigenvalue weighted by molar-refractivity contribution is 5.85. The van der Waals surface area contributed by atoms with E-state index in [9.17, 15) is 4.79 Å². The van der Waals surface area contributed by atoms with Gasteiger partial charge in [0.1, 0.15) is 5.69 Å². The minimum absolute atomic E-state index is 0.0366. The monoisotopic (exact) mass is 243 g/mol. The Balaban J connectivity index is 2.08. The summed E-state index contributed by atoms with van der Waals surface area (Å²) < 4.78 is 0. The zero-order valence-corrected chi connectivity index (χ0v) is 9.87. The van der Waals surface area contributed by atoms with E-state index >= 15 is 0 Å². The van der Waals surface area contributed by atoms with E-state index in [4.69, 9.17) is 5.11 Å². The second-order valence-corrected chi connectivity index (χ2v) is 3.89. The van der Waals surface area contributed by atoms with Crippen molar-refractivity contribution < 1.29 is 9.90 Å². The largest absolute Gasteiger partial charge is 0.477 e. The molecule has 0 aliphatic carbocycles. The van der Waals surface area contributed by atoms with Gasteiger partial charge in [0.15, 0.2) is 0 Å². The minimum atomic E-state index is -1.03. The molecule has 2 rings (SSSR count). The number of anilines is 1. The summed E-state index contributed by atoms with van der Waals surface area (Å²) in [5.74, 6) is -1.03. The van der Waals surface area contributed by atoms with E-state index in [0.717, 1.165) is 11.3 Å². The summed E-state index contributed by atoms with van der Waals surface area (Å²) in [6, 6.07) is 7.10. The first-order chi connectivity index (χ1) is 8.66. The van der Waals surface area contributed by atoms with Crippen LogP contribution in [0.5, 0.6) is 0 Å². The van der Waals surface area contributed by atoms with E-state index in [-0.39, 0.29) is 11.7 Å². The van der Waals surface area contributed by atoms with Gasteiger partial charge in [-0.2, -0.15) is 0 Å².